The van der Waals surface area contributed by atoms with E-state index in [0.717, 1.165) is 47.9 Å². The van der Waals surface area contributed by atoms with Gasteiger partial charge in [-0.25, -0.2) is 14.2 Å². The number of alkyl halides is 3. The Hall–Kier alpha value is -2.35. The van der Waals surface area contributed by atoms with E-state index >= 15 is 0 Å². The third-order valence-corrected chi connectivity index (χ3v) is 9.81. The Balaban J connectivity index is 1.58. The molecule has 0 bridgehead atoms. The third-order valence-electron chi connectivity index (χ3n) is 7.13. The van der Waals surface area contributed by atoms with Gasteiger partial charge >= 0.3 is 0 Å². The van der Waals surface area contributed by atoms with Crippen LogP contribution in [0.15, 0.2) is 96.0 Å². The van der Waals surface area contributed by atoms with Gasteiger partial charge < -0.3 is 0 Å². The van der Waals surface area contributed by atoms with Gasteiger partial charge in [0, 0.05) is 17.2 Å². The Labute approximate surface area is 240 Å². The normalized spacial score (nSPS) is 22.5. The highest BCUT2D eigenvalue weighted by Crippen LogP contribution is 2.53. The molecule has 3 aliphatic rings. The second kappa shape index (κ2) is 10.7. The summed E-state index contributed by atoms with van der Waals surface area (Å²) in [6.45, 7) is 0. The molecule has 3 aromatic rings. The van der Waals surface area contributed by atoms with Crippen LogP contribution in [0.3, 0.4) is 0 Å². The van der Waals surface area contributed by atoms with Gasteiger partial charge in [-0.3, -0.25) is 9.10 Å². The highest BCUT2D eigenvalue weighted by Gasteiger charge is 2.57. The molecule has 0 N–H and O–H groups in total. The van der Waals surface area contributed by atoms with Crippen LogP contribution in [0, 0.1) is 0 Å². The number of halogens is 3. The van der Waals surface area contributed by atoms with Crippen LogP contribution in [-0.4, -0.2) is 42.1 Å². The predicted octanol–water partition coefficient (Wildman–Crippen LogP) is 7.63. The lowest BCUT2D eigenvalue weighted by Gasteiger charge is -2.42. The first-order valence-corrected chi connectivity index (χ1v) is 15.1. The smallest absolute Gasteiger partial charge is 0.266 e. The summed E-state index contributed by atoms with van der Waals surface area (Å²) >= 11 is 20.3. The second-order valence-electron chi connectivity index (χ2n) is 9.59. The Morgan fingerprint density at radius 3 is 2.00 bits per heavy atom. The van der Waals surface area contributed by atoms with E-state index in [4.69, 9.17) is 39.8 Å². The molecular formula is C29H27Cl3N4OS. The lowest BCUT2D eigenvalue weighted by atomic mass is 9.94. The van der Waals surface area contributed by atoms with Crippen molar-refractivity contribution in [2.45, 2.75) is 48.1 Å². The van der Waals surface area contributed by atoms with Gasteiger partial charge in [-0.15, -0.1) is 0 Å². The highest BCUT2D eigenvalue weighted by molar-refractivity contribution is 8.16. The van der Waals surface area contributed by atoms with Gasteiger partial charge in [-0.05, 0) is 37.1 Å². The quantitative estimate of drug-likeness (QED) is 0.233. The lowest BCUT2D eigenvalue weighted by Crippen LogP contribution is -2.56. The van der Waals surface area contributed by atoms with Crippen molar-refractivity contribution in [2.75, 3.05) is 4.31 Å². The van der Waals surface area contributed by atoms with Crippen LogP contribution in [-0.2, 0) is 0 Å². The van der Waals surface area contributed by atoms with Gasteiger partial charge in [-0.1, -0.05) is 121 Å². The SMILES string of the molecule is O=C(c1ccccc1)N1[C@H](C(Cl)(Cl)Cl)N(C2CCCCC2)C2=S1N(c1ccccc1)C(c1ccccc1)=N2. The number of carbonyl (C=O) groups excluding carboxylic acids is 1. The van der Waals surface area contributed by atoms with E-state index in [0.29, 0.717) is 5.56 Å². The minimum absolute atomic E-state index is 0.124. The molecule has 2 atom stereocenters. The molecule has 5 nitrogen and oxygen atoms in total. The molecule has 38 heavy (non-hydrogen) atoms. The van der Waals surface area contributed by atoms with E-state index in [-0.39, 0.29) is 11.9 Å². The molecule has 9 heteroatoms. The Morgan fingerprint density at radius 2 is 1.39 bits per heavy atom. The summed E-state index contributed by atoms with van der Waals surface area (Å²) in [6.07, 6.45) is 4.51. The first kappa shape index (κ1) is 25.9. The number of carbonyl (C=O) groups is 1. The van der Waals surface area contributed by atoms with Crippen LogP contribution >= 0.6 is 45.7 Å². The average Bonchev–Trinajstić information content (AvgIpc) is 3.50. The van der Waals surface area contributed by atoms with Gasteiger partial charge in [0.15, 0.2) is 17.1 Å². The standard InChI is InChI=1S/C29H27Cl3N4OS/c30-29(31,32)27-34(23-17-9-3-10-18-23)28-33-25(21-13-5-1-6-14-21)35(24-19-11-4-12-20-24)38(28)36(27)26(37)22-15-7-2-8-16-22/h1-2,4-8,11-16,19-20,23,27H,3,9-10,17-18H2/t27-,38?/m1/s1. The first-order chi connectivity index (χ1) is 18.4. The molecule has 0 saturated heterocycles. The number of para-hydroxylation sites is 1. The molecule has 196 valence electrons. The number of anilines is 1. The van der Waals surface area contributed by atoms with Crippen molar-refractivity contribution in [3.05, 3.63) is 102 Å². The van der Waals surface area contributed by atoms with Crippen molar-refractivity contribution >= 4 is 68.2 Å². The zero-order valence-corrected chi connectivity index (χ0v) is 23.7. The van der Waals surface area contributed by atoms with Crippen molar-refractivity contribution in [1.29, 1.82) is 0 Å². The number of hydrogen-bond acceptors (Lipinski definition) is 4. The molecule has 0 spiro atoms. The number of amides is 1. The molecular weight excluding hydrogens is 559 g/mol. The summed E-state index contributed by atoms with van der Waals surface area (Å²) in [5, 5.41) is 0.778. The molecule has 6 rings (SSSR count). The van der Waals surface area contributed by atoms with Gasteiger partial charge in [0.25, 0.3) is 5.91 Å². The highest BCUT2D eigenvalue weighted by atomic mass is 35.6. The largest absolute Gasteiger partial charge is 0.268 e. The number of amidine groups is 1. The average molecular weight is 586 g/mol. The first-order valence-electron chi connectivity index (χ1n) is 12.8. The topological polar surface area (TPSA) is 39.2 Å². The van der Waals surface area contributed by atoms with Gasteiger partial charge in [-0.2, -0.15) is 0 Å². The van der Waals surface area contributed by atoms with Crippen molar-refractivity contribution in [3.8, 4) is 0 Å². The van der Waals surface area contributed by atoms with Crippen molar-refractivity contribution in [2.24, 2.45) is 4.99 Å². The molecule has 0 aromatic heterocycles. The number of aliphatic imine (C=N–C) groups is 1. The Kier molecular flexibility index (Phi) is 7.27. The van der Waals surface area contributed by atoms with Crippen molar-refractivity contribution in [1.82, 2.24) is 9.21 Å². The minimum Gasteiger partial charge on any atom is -0.268 e. The molecule has 1 amide bonds. The predicted molar refractivity (Wildman–Crippen MR) is 160 cm³/mol. The van der Waals surface area contributed by atoms with E-state index < -0.39 is 20.8 Å². The van der Waals surface area contributed by atoms with Crippen LogP contribution in [0.5, 0.6) is 0 Å². The number of rotatable bonds is 4. The fourth-order valence-corrected chi connectivity index (χ4v) is 8.68. The Morgan fingerprint density at radius 1 is 0.816 bits per heavy atom. The van der Waals surface area contributed by atoms with Crippen LogP contribution < -0.4 is 4.31 Å². The summed E-state index contributed by atoms with van der Waals surface area (Å²) in [5.41, 5.74) is 2.44. The zero-order valence-electron chi connectivity index (χ0n) is 20.6. The summed E-state index contributed by atoms with van der Waals surface area (Å²) in [4.78, 5) is 21.7. The molecule has 1 unspecified atom stereocenters. The lowest BCUT2D eigenvalue weighted by molar-refractivity contribution is 0.0695. The molecule has 1 aliphatic carbocycles. The molecule has 0 radical (unpaired) electrons. The van der Waals surface area contributed by atoms with Gasteiger partial charge in [0.2, 0.25) is 3.79 Å². The maximum Gasteiger partial charge on any atom is 0.266 e. The number of nitrogens with zero attached hydrogens (tertiary/aromatic N) is 4. The molecule has 2 aliphatic heterocycles. The monoisotopic (exact) mass is 584 g/mol. The van der Waals surface area contributed by atoms with E-state index in [1.54, 1.807) is 4.31 Å². The van der Waals surface area contributed by atoms with Crippen LogP contribution in [0.4, 0.5) is 5.69 Å². The summed E-state index contributed by atoms with van der Waals surface area (Å²) in [6, 6.07) is 29.5. The number of benzene rings is 3. The molecule has 3 aromatic carbocycles. The summed E-state index contributed by atoms with van der Waals surface area (Å²) in [7, 11) is -0.961. The Bertz CT molecular complexity index is 1370. The van der Waals surface area contributed by atoms with Crippen LogP contribution in [0.1, 0.15) is 48.0 Å². The van der Waals surface area contributed by atoms with E-state index in [2.05, 4.69) is 9.21 Å². The fraction of sp³-hybridized carbons (Fsp3) is 0.276. The second-order valence-corrected chi connectivity index (χ2v) is 13.6. The molecule has 2 heterocycles. The maximum absolute atomic E-state index is 14.3. The minimum atomic E-state index is -1.75. The molecule has 1 saturated carbocycles. The fourth-order valence-electron chi connectivity index (χ4n) is 5.44. The van der Waals surface area contributed by atoms with E-state index in [1.165, 1.54) is 6.42 Å². The number of hydrogen-bond donors (Lipinski definition) is 0. The van der Waals surface area contributed by atoms with E-state index in [9.17, 15) is 4.79 Å². The van der Waals surface area contributed by atoms with Gasteiger partial charge in [0.1, 0.15) is 0 Å². The van der Waals surface area contributed by atoms with Crippen molar-refractivity contribution in [3.63, 3.8) is 0 Å². The third kappa shape index (κ3) is 4.67. The van der Waals surface area contributed by atoms with E-state index in [1.807, 2.05) is 91.0 Å². The van der Waals surface area contributed by atoms with Crippen LogP contribution in [0.25, 0.3) is 0 Å². The molecule has 1 fully saturated rings. The summed E-state index contributed by atoms with van der Waals surface area (Å²) in [5.74, 6) is 0.594. The van der Waals surface area contributed by atoms with Crippen LogP contribution in [0.2, 0.25) is 0 Å². The van der Waals surface area contributed by atoms with Crippen molar-refractivity contribution < 1.29 is 4.79 Å². The maximum atomic E-state index is 14.3. The zero-order chi connectivity index (χ0) is 26.3. The van der Waals surface area contributed by atoms with Gasteiger partial charge in [0.05, 0.1) is 16.5 Å². The summed E-state index contributed by atoms with van der Waals surface area (Å²) < 4.78 is 2.15.